The lowest BCUT2D eigenvalue weighted by Crippen LogP contribution is -2.33. The van der Waals surface area contributed by atoms with Gasteiger partial charge in [0.25, 0.3) is 11.5 Å². The van der Waals surface area contributed by atoms with E-state index >= 15 is 0 Å². The topological polar surface area (TPSA) is 67.5 Å². The Morgan fingerprint density at radius 2 is 2.00 bits per heavy atom. The molecule has 6 heteroatoms. The Balaban J connectivity index is 1.53. The van der Waals surface area contributed by atoms with E-state index in [2.05, 4.69) is 0 Å². The van der Waals surface area contributed by atoms with Crippen molar-refractivity contribution >= 4 is 16.8 Å². The first kappa shape index (κ1) is 17.1. The number of aromatic hydroxyl groups is 1. The van der Waals surface area contributed by atoms with Crippen LogP contribution < -0.4 is 5.56 Å². The highest BCUT2D eigenvalue weighted by molar-refractivity contribution is 6.07. The van der Waals surface area contributed by atoms with Gasteiger partial charge in [0, 0.05) is 45.0 Å². The van der Waals surface area contributed by atoms with E-state index in [1.54, 1.807) is 30.1 Å². The third kappa shape index (κ3) is 2.20. The fraction of sp³-hybridized carbons (Fsp3) is 0.364. The highest BCUT2D eigenvalue weighted by Gasteiger charge is 2.61. The molecule has 2 aromatic heterocycles. The predicted molar refractivity (Wildman–Crippen MR) is 107 cm³/mol. The normalized spacial score (nSPS) is 23.2. The number of likely N-dealkylation sites (tertiary alicyclic amines) is 1. The van der Waals surface area contributed by atoms with Crippen molar-refractivity contribution in [2.75, 3.05) is 13.1 Å². The van der Waals surface area contributed by atoms with Crippen LogP contribution in [0.5, 0.6) is 5.75 Å². The maximum absolute atomic E-state index is 13.4. The molecule has 5 rings (SSSR count). The molecule has 2 aliphatic rings. The first-order chi connectivity index (χ1) is 13.3. The lowest BCUT2D eigenvalue weighted by atomic mass is 9.95. The van der Waals surface area contributed by atoms with Crippen molar-refractivity contribution in [1.82, 2.24) is 14.0 Å². The van der Waals surface area contributed by atoms with Crippen LogP contribution in [0.2, 0.25) is 0 Å². The minimum Gasteiger partial charge on any atom is -0.508 e. The van der Waals surface area contributed by atoms with Crippen molar-refractivity contribution in [3.63, 3.8) is 0 Å². The Morgan fingerprint density at radius 1 is 1.21 bits per heavy atom. The molecule has 3 heterocycles. The van der Waals surface area contributed by atoms with Crippen LogP contribution in [-0.2, 0) is 19.5 Å². The number of hydrogen-bond acceptors (Lipinski definition) is 3. The molecule has 2 unspecified atom stereocenters. The zero-order chi connectivity index (χ0) is 19.8. The summed E-state index contributed by atoms with van der Waals surface area (Å²) in [5.41, 5.74) is 3.17. The number of aryl methyl sites for hydroxylation is 3. The van der Waals surface area contributed by atoms with Crippen LogP contribution in [0, 0.1) is 12.8 Å². The third-order valence-corrected chi connectivity index (χ3v) is 6.56. The van der Waals surface area contributed by atoms with Gasteiger partial charge in [0.15, 0.2) is 0 Å². The van der Waals surface area contributed by atoms with E-state index in [1.165, 1.54) is 0 Å². The molecule has 2 atom stereocenters. The van der Waals surface area contributed by atoms with E-state index in [4.69, 9.17) is 0 Å². The summed E-state index contributed by atoms with van der Waals surface area (Å²) < 4.78 is 3.42. The quantitative estimate of drug-likeness (QED) is 0.745. The second-order valence-electron chi connectivity index (χ2n) is 8.40. The Bertz CT molecular complexity index is 1210. The van der Waals surface area contributed by atoms with Crippen LogP contribution in [0.4, 0.5) is 0 Å². The van der Waals surface area contributed by atoms with Gasteiger partial charge in [-0.2, -0.15) is 0 Å². The van der Waals surface area contributed by atoms with Crippen LogP contribution in [0.15, 0.2) is 41.5 Å². The van der Waals surface area contributed by atoms with Gasteiger partial charge in [-0.05, 0) is 42.5 Å². The van der Waals surface area contributed by atoms with Gasteiger partial charge in [-0.25, -0.2) is 0 Å². The van der Waals surface area contributed by atoms with Crippen molar-refractivity contribution in [2.45, 2.75) is 18.8 Å². The summed E-state index contributed by atoms with van der Waals surface area (Å²) in [6.07, 6.45) is 4.63. The molecule has 2 fully saturated rings. The lowest BCUT2D eigenvalue weighted by Gasteiger charge is -2.21. The Kier molecular flexibility index (Phi) is 3.36. The molecule has 1 aliphatic carbocycles. The Hall–Kier alpha value is -3.02. The highest BCUT2D eigenvalue weighted by Crippen LogP contribution is 2.59. The van der Waals surface area contributed by atoms with Crippen LogP contribution >= 0.6 is 0 Å². The van der Waals surface area contributed by atoms with Gasteiger partial charge in [0.2, 0.25) is 0 Å². The van der Waals surface area contributed by atoms with Gasteiger partial charge in [0.1, 0.15) is 5.75 Å². The lowest BCUT2D eigenvalue weighted by molar-refractivity contribution is 0.0774. The molecule has 1 aliphatic heterocycles. The number of phenolic OH excluding ortho intramolecular Hbond substituents is 1. The number of aromatic nitrogens is 2. The number of benzene rings is 1. The number of piperidine rings is 1. The second kappa shape index (κ2) is 5.50. The molecule has 1 N–H and O–H groups in total. The maximum Gasteiger partial charge on any atom is 0.260 e. The number of rotatable bonds is 2. The molecule has 1 amide bonds. The minimum absolute atomic E-state index is 0.0557. The van der Waals surface area contributed by atoms with Gasteiger partial charge >= 0.3 is 0 Å². The van der Waals surface area contributed by atoms with Crippen molar-refractivity contribution in [1.29, 1.82) is 0 Å². The number of carbonyl (C=O) groups excluding carboxylic acids is 1. The molecule has 1 saturated heterocycles. The Labute approximate surface area is 162 Å². The van der Waals surface area contributed by atoms with E-state index in [-0.39, 0.29) is 22.6 Å². The molecule has 3 aromatic rings. The first-order valence-electron chi connectivity index (χ1n) is 9.56. The molecular formula is C22H23N3O3. The fourth-order valence-corrected chi connectivity index (χ4v) is 5.14. The minimum atomic E-state index is -0.142. The van der Waals surface area contributed by atoms with Crippen molar-refractivity contribution in [2.24, 2.45) is 20.0 Å². The van der Waals surface area contributed by atoms with Gasteiger partial charge in [-0.15, -0.1) is 0 Å². The monoisotopic (exact) mass is 377 g/mol. The highest BCUT2D eigenvalue weighted by atomic mass is 16.3. The van der Waals surface area contributed by atoms with E-state index in [9.17, 15) is 14.7 Å². The number of phenols is 1. The second-order valence-corrected chi connectivity index (χ2v) is 8.40. The average Bonchev–Trinajstić information content (AvgIpc) is 3.04. The van der Waals surface area contributed by atoms with E-state index in [0.29, 0.717) is 30.0 Å². The van der Waals surface area contributed by atoms with Gasteiger partial charge in [-0.1, -0.05) is 12.1 Å². The smallest absolute Gasteiger partial charge is 0.260 e. The molecule has 6 nitrogen and oxygen atoms in total. The number of amides is 1. The van der Waals surface area contributed by atoms with Crippen molar-refractivity contribution in [3.8, 4) is 5.75 Å². The molecule has 0 radical (unpaired) electrons. The van der Waals surface area contributed by atoms with E-state index in [0.717, 1.165) is 23.1 Å². The predicted octanol–water partition coefficient (Wildman–Crippen LogP) is 2.30. The molecule has 0 bridgehead atoms. The Morgan fingerprint density at radius 3 is 2.75 bits per heavy atom. The van der Waals surface area contributed by atoms with Crippen LogP contribution in [0.1, 0.15) is 27.9 Å². The summed E-state index contributed by atoms with van der Waals surface area (Å²) >= 11 is 0. The zero-order valence-electron chi connectivity index (χ0n) is 16.3. The fourth-order valence-electron chi connectivity index (χ4n) is 5.14. The van der Waals surface area contributed by atoms with Crippen LogP contribution in [-0.4, -0.2) is 38.1 Å². The maximum atomic E-state index is 13.4. The van der Waals surface area contributed by atoms with Crippen molar-refractivity contribution in [3.05, 3.63) is 63.7 Å². The van der Waals surface area contributed by atoms with Gasteiger partial charge < -0.3 is 19.1 Å². The summed E-state index contributed by atoms with van der Waals surface area (Å²) in [6, 6.07) is 7.37. The molecule has 1 aromatic carbocycles. The van der Waals surface area contributed by atoms with Gasteiger partial charge in [0.05, 0.1) is 16.5 Å². The number of hydrogen-bond donors (Lipinski definition) is 1. The molecule has 1 saturated carbocycles. The number of nitrogens with zero attached hydrogens (tertiary/aromatic N) is 3. The first-order valence-corrected chi connectivity index (χ1v) is 9.56. The summed E-state index contributed by atoms with van der Waals surface area (Å²) in [7, 11) is 3.60. The van der Waals surface area contributed by atoms with Crippen LogP contribution in [0.3, 0.4) is 0 Å². The van der Waals surface area contributed by atoms with Crippen LogP contribution in [0.25, 0.3) is 10.9 Å². The third-order valence-electron chi connectivity index (χ3n) is 6.56. The SMILES string of the molecule is Cc1cn(C)c(=O)c2c(C(=O)N3CC4CC4(c4cccc(O)c4)C3)cn(C)c12. The summed E-state index contributed by atoms with van der Waals surface area (Å²) in [5, 5.41) is 10.3. The number of pyridine rings is 1. The standard InChI is InChI=1S/C22H23N3O3/c1-13-9-24(3)21(28)18-17(11-23(2)19(13)18)20(27)25-10-15-8-22(15,12-25)14-5-4-6-16(26)7-14/h4-7,9,11,15,26H,8,10,12H2,1-3H3. The van der Waals surface area contributed by atoms with Gasteiger partial charge in [-0.3, -0.25) is 9.59 Å². The summed E-state index contributed by atoms with van der Waals surface area (Å²) in [5.74, 6) is 0.591. The average molecular weight is 377 g/mol. The van der Waals surface area contributed by atoms with E-state index in [1.807, 2.05) is 41.6 Å². The number of carbonyl (C=O) groups is 1. The molecular weight excluding hydrogens is 354 g/mol. The van der Waals surface area contributed by atoms with Crippen molar-refractivity contribution < 1.29 is 9.90 Å². The zero-order valence-corrected chi connectivity index (χ0v) is 16.3. The largest absolute Gasteiger partial charge is 0.508 e. The molecule has 144 valence electrons. The molecule has 28 heavy (non-hydrogen) atoms. The number of fused-ring (bicyclic) bond motifs is 2. The van der Waals surface area contributed by atoms with E-state index < -0.39 is 0 Å². The summed E-state index contributed by atoms with van der Waals surface area (Å²) in [6.45, 7) is 3.28. The molecule has 0 spiro atoms. The summed E-state index contributed by atoms with van der Waals surface area (Å²) in [4.78, 5) is 28.0.